The fraction of sp³-hybridized carbons (Fsp3) is 0.520. The van der Waals surface area contributed by atoms with Crippen molar-refractivity contribution in [1.82, 2.24) is 9.80 Å². The molecule has 2 aromatic rings. The molecule has 4 rings (SSSR count). The van der Waals surface area contributed by atoms with Gasteiger partial charge in [-0.25, -0.2) is 0 Å². The zero-order valence-electron chi connectivity index (χ0n) is 19.1. The smallest absolute Gasteiger partial charge is 0.242 e. The molecular formula is C25H32N2O4S. The van der Waals surface area contributed by atoms with Crippen LogP contribution in [0.4, 0.5) is 0 Å². The monoisotopic (exact) mass is 456 g/mol. The molecule has 2 atom stereocenters. The summed E-state index contributed by atoms with van der Waals surface area (Å²) in [4.78, 5) is 30.5. The number of ether oxygens (including phenoxy) is 2. The number of aryl methyl sites for hydroxylation is 2. The van der Waals surface area contributed by atoms with E-state index in [-0.39, 0.29) is 30.5 Å². The molecule has 32 heavy (non-hydrogen) atoms. The summed E-state index contributed by atoms with van der Waals surface area (Å²) in [6.07, 6.45) is 2.81. The highest BCUT2D eigenvalue weighted by Gasteiger charge is 2.34. The van der Waals surface area contributed by atoms with Crippen molar-refractivity contribution in [2.45, 2.75) is 52.2 Å². The van der Waals surface area contributed by atoms with Gasteiger partial charge in [-0.05, 0) is 61.7 Å². The summed E-state index contributed by atoms with van der Waals surface area (Å²) >= 11 is 1.74. The number of rotatable bonds is 7. The summed E-state index contributed by atoms with van der Waals surface area (Å²) in [5, 5.41) is 2.09. The first kappa shape index (κ1) is 22.8. The van der Waals surface area contributed by atoms with Gasteiger partial charge >= 0.3 is 0 Å². The van der Waals surface area contributed by atoms with Crippen molar-refractivity contribution in [3.05, 3.63) is 51.2 Å². The number of thiophene rings is 1. The zero-order chi connectivity index (χ0) is 22.7. The van der Waals surface area contributed by atoms with Gasteiger partial charge in [0, 0.05) is 31.5 Å². The molecule has 0 spiro atoms. The van der Waals surface area contributed by atoms with Gasteiger partial charge in [0.15, 0.2) is 0 Å². The van der Waals surface area contributed by atoms with Crippen LogP contribution in [0, 0.1) is 13.8 Å². The third kappa shape index (κ3) is 5.15. The molecule has 172 valence electrons. The number of hydrogen-bond acceptors (Lipinski definition) is 5. The highest BCUT2D eigenvalue weighted by molar-refractivity contribution is 7.10. The molecule has 1 aromatic carbocycles. The van der Waals surface area contributed by atoms with Crippen LogP contribution in [0.15, 0.2) is 29.6 Å². The van der Waals surface area contributed by atoms with Crippen LogP contribution in [-0.2, 0) is 20.7 Å². The molecule has 3 heterocycles. The SMILES string of the molecule is CC(=O)N(CC(=O)N1CCc2sccc2[C@@H]1COc1ccc(C)cc1C)C[C@@H]1CCCO1. The maximum atomic E-state index is 13.4. The number of carbonyl (C=O) groups excluding carboxylic acids is 2. The minimum absolute atomic E-state index is 0.0279. The fourth-order valence-corrected chi connectivity index (χ4v) is 5.53. The van der Waals surface area contributed by atoms with Crippen molar-refractivity contribution >= 4 is 23.2 Å². The van der Waals surface area contributed by atoms with Crippen LogP contribution in [-0.4, -0.2) is 60.6 Å². The van der Waals surface area contributed by atoms with Crippen LogP contribution in [0.2, 0.25) is 0 Å². The maximum absolute atomic E-state index is 13.4. The van der Waals surface area contributed by atoms with E-state index in [9.17, 15) is 9.59 Å². The van der Waals surface area contributed by atoms with Crippen LogP contribution in [0.25, 0.3) is 0 Å². The van der Waals surface area contributed by atoms with E-state index in [1.54, 1.807) is 16.2 Å². The average molecular weight is 457 g/mol. The molecule has 1 saturated heterocycles. The van der Waals surface area contributed by atoms with Crippen LogP contribution in [0.3, 0.4) is 0 Å². The number of amides is 2. The van der Waals surface area contributed by atoms with E-state index in [4.69, 9.17) is 9.47 Å². The van der Waals surface area contributed by atoms with Crippen LogP contribution in [0.1, 0.15) is 47.4 Å². The van der Waals surface area contributed by atoms with Crippen molar-refractivity contribution in [1.29, 1.82) is 0 Å². The Bertz CT molecular complexity index is 967. The van der Waals surface area contributed by atoms with Crippen LogP contribution >= 0.6 is 11.3 Å². The lowest BCUT2D eigenvalue weighted by Gasteiger charge is -2.37. The molecule has 0 N–H and O–H groups in total. The molecule has 0 aliphatic carbocycles. The number of hydrogen-bond donors (Lipinski definition) is 0. The topological polar surface area (TPSA) is 59.1 Å². The first-order valence-corrected chi connectivity index (χ1v) is 12.2. The number of benzene rings is 1. The number of nitrogens with zero attached hydrogens (tertiary/aromatic N) is 2. The van der Waals surface area contributed by atoms with Gasteiger partial charge in [0.1, 0.15) is 12.4 Å². The van der Waals surface area contributed by atoms with E-state index < -0.39 is 0 Å². The van der Waals surface area contributed by atoms with E-state index in [0.717, 1.165) is 42.7 Å². The van der Waals surface area contributed by atoms with E-state index in [1.165, 1.54) is 17.4 Å². The molecular weight excluding hydrogens is 424 g/mol. The second-order valence-electron chi connectivity index (χ2n) is 8.77. The molecule has 1 aromatic heterocycles. The van der Waals surface area contributed by atoms with Crippen molar-refractivity contribution in [2.75, 3.05) is 32.8 Å². The molecule has 2 aliphatic rings. The van der Waals surface area contributed by atoms with Gasteiger partial charge in [0.25, 0.3) is 0 Å². The van der Waals surface area contributed by atoms with Gasteiger partial charge < -0.3 is 19.3 Å². The van der Waals surface area contributed by atoms with Gasteiger partial charge in [-0.15, -0.1) is 11.3 Å². The molecule has 2 aliphatic heterocycles. The lowest BCUT2D eigenvalue weighted by molar-refractivity contribution is -0.142. The average Bonchev–Trinajstić information content (AvgIpc) is 3.44. The van der Waals surface area contributed by atoms with E-state index in [0.29, 0.717) is 19.7 Å². The Hall–Kier alpha value is -2.38. The first-order valence-electron chi connectivity index (χ1n) is 11.3. The minimum atomic E-state index is -0.158. The zero-order valence-corrected chi connectivity index (χ0v) is 20.0. The molecule has 0 unspecified atom stereocenters. The Labute approximate surface area is 194 Å². The predicted molar refractivity (Wildman–Crippen MR) is 125 cm³/mol. The van der Waals surface area contributed by atoms with E-state index >= 15 is 0 Å². The maximum Gasteiger partial charge on any atom is 0.242 e. The number of carbonyl (C=O) groups is 2. The van der Waals surface area contributed by atoms with Crippen LogP contribution in [0.5, 0.6) is 5.75 Å². The molecule has 0 saturated carbocycles. The Morgan fingerprint density at radius 1 is 1.28 bits per heavy atom. The molecule has 1 fully saturated rings. The van der Waals surface area contributed by atoms with Gasteiger partial charge in [-0.1, -0.05) is 17.7 Å². The third-order valence-corrected chi connectivity index (χ3v) is 7.36. The van der Waals surface area contributed by atoms with Crippen molar-refractivity contribution < 1.29 is 19.1 Å². The first-order chi connectivity index (χ1) is 15.4. The molecule has 0 radical (unpaired) electrons. The predicted octanol–water partition coefficient (Wildman–Crippen LogP) is 3.90. The third-order valence-electron chi connectivity index (χ3n) is 6.36. The van der Waals surface area contributed by atoms with Crippen molar-refractivity contribution in [3.63, 3.8) is 0 Å². The Balaban J connectivity index is 1.48. The van der Waals surface area contributed by atoms with E-state index in [1.807, 2.05) is 24.0 Å². The van der Waals surface area contributed by atoms with E-state index in [2.05, 4.69) is 24.4 Å². The summed E-state index contributed by atoms with van der Waals surface area (Å²) in [5.41, 5.74) is 3.44. The summed E-state index contributed by atoms with van der Waals surface area (Å²) in [6.45, 7) is 7.94. The molecule has 7 heteroatoms. The van der Waals surface area contributed by atoms with Gasteiger partial charge in [-0.3, -0.25) is 9.59 Å². The molecule has 6 nitrogen and oxygen atoms in total. The largest absolute Gasteiger partial charge is 0.491 e. The standard InChI is InChI=1S/C25H32N2O4S/c1-17-6-7-23(18(2)13-17)31-16-22-21-9-12-32-24(21)8-10-27(22)25(29)15-26(19(3)28)14-20-5-4-11-30-20/h6-7,9,12-13,20,22H,4-5,8,10-11,14-16H2,1-3H3/t20-,22-/m0/s1. The van der Waals surface area contributed by atoms with Crippen molar-refractivity contribution in [3.8, 4) is 5.75 Å². The van der Waals surface area contributed by atoms with Crippen LogP contribution < -0.4 is 4.74 Å². The lowest BCUT2D eigenvalue weighted by atomic mass is 10.00. The van der Waals surface area contributed by atoms with Gasteiger partial charge in [0.05, 0.1) is 18.7 Å². The Kier molecular flexibility index (Phi) is 7.16. The highest BCUT2D eigenvalue weighted by atomic mass is 32.1. The molecule has 2 amide bonds. The summed E-state index contributed by atoms with van der Waals surface area (Å²) in [7, 11) is 0. The fourth-order valence-electron chi connectivity index (χ4n) is 4.60. The Morgan fingerprint density at radius 2 is 2.12 bits per heavy atom. The highest BCUT2D eigenvalue weighted by Crippen LogP contribution is 2.34. The minimum Gasteiger partial charge on any atom is -0.491 e. The lowest BCUT2D eigenvalue weighted by Crippen LogP contribution is -2.48. The summed E-state index contributed by atoms with van der Waals surface area (Å²) in [6, 6.07) is 8.08. The van der Waals surface area contributed by atoms with Crippen molar-refractivity contribution in [2.24, 2.45) is 0 Å². The summed E-state index contributed by atoms with van der Waals surface area (Å²) in [5.74, 6) is 0.712. The van der Waals surface area contributed by atoms with Gasteiger partial charge in [0.2, 0.25) is 11.8 Å². The second kappa shape index (κ2) is 10.0. The summed E-state index contributed by atoms with van der Waals surface area (Å²) < 4.78 is 11.9. The normalized spacial score (nSPS) is 20.2. The number of fused-ring (bicyclic) bond motifs is 1. The quantitative estimate of drug-likeness (QED) is 0.634. The Morgan fingerprint density at radius 3 is 2.84 bits per heavy atom. The van der Waals surface area contributed by atoms with Gasteiger partial charge in [-0.2, -0.15) is 0 Å². The second-order valence-corrected chi connectivity index (χ2v) is 9.77. The molecule has 0 bridgehead atoms.